The van der Waals surface area contributed by atoms with Gasteiger partial charge in [0.15, 0.2) is 0 Å². The summed E-state index contributed by atoms with van der Waals surface area (Å²) in [7, 11) is 4.06. The number of aromatic nitrogens is 2. The molecule has 1 heterocycles. The van der Waals surface area contributed by atoms with E-state index >= 15 is 0 Å². The molecule has 0 saturated carbocycles. The number of nitrogens with zero attached hydrogens (tertiary/aromatic N) is 3. The molecule has 4 nitrogen and oxygen atoms in total. The molecule has 0 aliphatic rings. The molecule has 0 bridgehead atoms. The molecule has 0 atom stereocenters. The first-order valence-electron chi connectivity index (χ1n) is 9.36. The summed E-state index contributed by atoms with van der Waals surface area (Å²) >= 11 is 0. The number of allylic oxidation sites excluding steroid dienone is 1. The quantitative estimate of drug-likeness (QED) is 0.562. The normalized spacial score (nSPS) is 12.1. The van der Waals surface area contributed by atoms with Gasteiger partial charge in [0.2, 0.25) is 0 Å². The maximum absolute atomic E-state index is 5.74. The average molecular weight is 361 g/mol. The Morgan fingerprint density at radius 3 is 2.15 bits per heavy atom. The number of hydrogen-bond acceptors (Lipinski definition) is 3. The molecule has 3 rings (SSSR count). The Labute approximate surface area is 161 Å². The van der Waals surface area contributed by atoms with Crippen LogP contribution >= 0.6 is 0 Å². The summed E-state index contributed by atoms with van der Waals surface area (Å²) in [5.41, 5.74) is 5.99. The summed E-state index contributed by atoms with van der Waals surface area (Å²) in [6, 6.07) is 21.1. The van der Waals surface area contributed by atoms with Gasteiger partial charge in [-0.25, -0.2) is 0 Å². The highest BCUT2D eigenvalue weighted by molar-refractivity contribution is 5.98. The summed E-state index contributed by atoms with van der Waals surface area (Å²) in [6.45, 7) is 3.64. The lowest BCUT2D eigenvalue weighted by Crippen LogP contribution is -2.24. The van der Waals surface area contributed by atoms with E-state index in [0.717, 1.165) is 18.5 Å². The van der Waals surface area contributed by atoms with Crippen molar-refractivity contribution >= 4 is 11.1 Å². The van der Waals surface area contributed by atoms with Crippen LogP contribution in [0.2, 0.25) is 0 Å². The van der Waals surface area contributed by atoms with E-state index in [1.165, 1.54) is 22.3 Å². The van der Waals surface area contributed by atoms with E-state index in [9.17, 15) is 0 Å². The van der Waals surface area contributed by atoms with Crippen LogP contribution in [0.25, 0.3) is 11.1 Å². The van der Waals surface area contributed by atoms with Gasteiger partial charge in [0.05, 0.1) is 12.4 Å². The summed E-state index contributed by atoms with van der Waals surface area (Å²) in [5, 5.41) is 4.41. The van der Waals surface area contributed by atoms with Crippen LogP contribution < -0.4 is 4.84 Å². The Hall–Kier alpha value is -2.85. The highest BCUT2D eigenvalue weighted by atomic mass is 16.7. The summed E-state index contributed by atoms with van der Waals surface area (Å²) < 4.78 is 0. The van der Waals surface area contributed by atoms with E-state index in [0.29, 0.717) is 6.61 Å². The molecule has 140 valence electrons. The van der Waals surface area contributed by atoms with Gasteiger partial charge in [0.1, 0.15) is 6.61 Å². The molecule has 0 fully saturated rings. The number of benzene rings is 2. The van der Waals surface area contributed by atoms with Crippen molar-refractivity contribution in [3.05, 3.63) is 89.7 Å². The average Bonchev–Trinajstić information content (AvgIpc) is 3.15. The van der Waals surface area contributed by atoms with Crippen LogP contribution in [0.1, 0.15) is 30.0 Å². The monoisotopic (exact) mass is 361 g/mol. The Bertz CT molecular complexity index is 867. The molecule has 1 aromatic heterocycles. The molecule has 0 spiro atoms. The van der Waals surface area contributed by atoms with E-state index in [-0.39, 0.29) is 0 Å². The predicted molar refractivity (Wildman–Crippen MR) is 111 cm³/mol. The molecule has 0 saturated heterocycles. The lowest BCUT2D eigenvalue weighted by molar-refractivity contribution is 0.0716. The van der Waals surface area contributed by atoms with Crippen LogP contribution in [-0.4, -0.2) is 42.1 Å². The minimum atomic E-state index is 0.595. The van der Waals surface area contributed by atoms with E-state index < -0.39 is 0 Å². The maximum Gasteiger partial charge on any atom is 0.129 e. The second-order valence-electron chi connectivity index (χ2n) is 6.71. The highest BCUT2D eigenvalue weighted by Crippen LogP contribution is 2.33. The smallest absolute Gasteiger partial charge is 0.129 e. The fourth-order valence-electron chi connectivity index (χ4n) is 3.11. The molecule has 0 radical (unpaired) electrons. The Morgan fingerprint density at radius 2 is 1.56 bits per heavy atom. The Morgan fingerprint density at radius 1 is 0.926 bits per heavy atom. The van der Waals surface area contributed by atoms with Crippen molar-refractivity contribution in [2.75, 3.05) is 27.2 Å². The molecule has 0 unspecified atom stereocenters. The van der Waals surface area contributed by atoms with Gasteiger partial charge in [-0.15, -0.1) is 9.94 Å². The van der Waals surface area contributed by atoms with E-state index in [2.05, 4.69) is 71.5 Å². The van der Waals surface area contributed by atoms with E-state index in [4.69, 9.17) is 4.84 Å². The van der Waals surface area contributed by atoms with Crippen LogP contribution in [0.4, 0.5) is 0 Å². The third kappa shape index (κ3) is 4.86. The third-order valence-corrected chi connectivity index (χ3v) is 4.45. The minimum absolute atomic E-state index is 0.595. The first-order chi connectivity index (χ1) is 13.2. The van der Waals surface area contributed by atoms with Gasteiger partial charge >= 0.3 is 0 Å². The van der Waals surface area contributed by atoms with Gasteiger partial charge in [-0.1, -0.05) is 67.6 Å². The second kappa shape index (κ2) is 9.19. The lowest BCUT2D eigenvalue weighted by atomic mass is 9.90. The Kier molecular flexibility index (Phi) is 6.44. The molecule has 3 aromatic rings. The van der Waals surface area contributed by atoms with Crippen LogP contribution in [0.5, 0.6) is 0 Å². The fourth-order valence-corrected chi connectivity index (χ4v) is 3.11. The molecule has 2 aromatic carbocycles. The highest BCUT2D eigenvalue weighted by Gasteiger charge is 2.14. The predicted octanol–water partition coefficient (Wildman–Crippen LogP) is 4.24. The van der Waals surface area contributed by atoms with Gasteiger partial charge in [0.25, 0.3) is 0 Å². The molecular formula is C23H27N3O. The zero-order valence-electron chi connectivity index (χ0n) is 16.3. The summed E-state index contributed by atoms with van der Waals surface area (Å²) in [5.74, 6) is 0. The molecule has 0 amide bonds. The number of hydrogen-bond donors (Lipinski definition) is 0. The van der Waals surface area contributed by atoms with Crippen molar-refractivity contribution in [3.63, 3.8) is 0 Å². The minimum Gasteiger partial charge on any atom is -0.395 e. The summed E-state index contributed by atoms with van der Waals surface area (Å²) in [6.07, 6.45) is 4.79. The van der Waals surface area contributed by atoms with Crippen molar-refractivity contribution in [1.82, 2.24) is 14.8 Å². The van der Waals surface area contributed by atoms with E-state index in [1.807, 2.05) is 32.6 Å². The maximum atomic E-state index is 5.74. The summed E-state index contributed by atoms with van der Waals surface area (Å²) in [4.78, 5) is 9.40. The Balaban J connectivity index is 2.01. The van der Waals surface area contributed by atoms with E-state index in [1.54, 1.807) is 4.85 Å². The third-order valence-electron chi connectivity index (χ3n) is 4.45. The zero-order valence-corrected chi connectivity index (χ0v) is 16.3. The lowest BCUT2D eigenvalue weighted by Gasteiger charge is -2.14. The second-order valence-corrected chi connectivity index (χ2v) is 6.71. The van der Waals surface area contributed by atoms with Crippen LogP contribution in [0.15, 0.2) is 73.1 Å². The number of likely N-dealkylation sites (N-methyl/N-ethyl adjacent to an activating group) is 1. The van der Waals surface area contributed by atoms with Gasteiger partial charge in [-0.2, -0.15) is 0 Å². The van der Waals surface area contributed by atoms with Gasteiger partial charge in [0, 0.05) is 12.1 Å². The van der Waals surface area contributed by atoms with Crippen LogP contribution in [-0.2, 0) is 0 Å². The molecule has 0 aliphatic carbocycles. The largest absolute Gasteiger partial charge is 0.395 e. The first-order valence-corrected chi connectivity index (χ1v) is 9.36. The topological polar surface area (TPSA) is 30.3 Å². The van der Waals surface area contributed by atoms with Crippen LogP contribution in [0.3, 0.4) is 0 Å². The van der Waals surface area contributed by atoms with Crippen molar-refractivity contribution < 1.29 is 4.84 Å². The molecular weight excluding hydrogens is 334 g/mol. The molecule has 27 heavy (non-hydrogen) atoms. The van der Waals surface area contributed by atoms with Crippen molar-refractivity contribution in [1.29, 1.82) is 0 Å². The standard InChI is InChI=1S/C23H27N3O/c1-4-22(19-11-7-5-8-12-19)23(20-13-9-6-10-14-20)21-17-24-26(18-21)27-16-15-25(2)3/h5-14,17-18H,4,15-16H2,1-3H3. The fraction of sp³-hybridized carbons (Fsp3) is 0.261. The van der Waals surface area contributed by atoms with Crippen molar-refractivity contribution in [2.45, 2.75) is 13.3 Å². The van der Waals surface area contributed by atoms with Crippen LogP contribution in [0, 0.1) is 0 Å². The van der Waals surface area contributed by atoms with Crippen molar-refractivity contribution in [3.8, 4) is 0 Å². The van der Waals surface area contributed by atoms with Crippen molar-refractivity contribution in [2.24, 2.45) is 0 Å². The molecule has 4 heteroatoms. The first kappa shape index (κ1) is 18.9. The van der Waals surface area contributed by atoms with Gasteiger partial charge < -0.3 is 9.74 Å². The van der Waals surface area contributed by atoms with Gasteiger partial charge in [-0.3, -0.25) is 0 Å². The zero-order chi connectivity index (χ0) is 19.1. The SMILES string of the molecule is CCC(=C(c1ccccc1)c1cnn(OCCN(C)C)c1)c1ccccc1. The van der Waals surface area contributed by atoms with Gasteiger partial charge in [-0.05, 0) is 42.8 Å². The molecule has 0 N–H and O–H groups in total. The number of rotatable bonds is 8. The molecule has 0 aliphatic heterocycles.